The Bertz CT molecular complexity index is 509. The molecule has 2 N–H and O–H groups in total. The van der Waals surface area contributed by atoms with Crippen LogP contribution >= 0.6 is 0 Å². The predicted molar refractivity (Wildman–Crippen MR) is 60.5 cm³/mol. The molecular formula is C12H10F2N2O2. The van der Waals surface area contributed by atoms with E-state index in [-0.39, 0.29) is 18.7 Å². The second-order valence-electron chi connectivity index (χ2n) is 3.29. The standard InChI is InChI=1S/C12H10F2N2O2/c1-2-5-15-11(17)7-16-12(18)9-4-3-8(13)6-10(9)14/h1,3-4,6H,5,7H2,(H,15,17)(H,16,18). The highest BCUT2D eigenvalue weighted by Crippen LogP contribution is 2.08. The zero-order chi connectivity index (χ0) is 13.5. The molecule has 94 valence electrons. The van der Waals surface area contributed by atoms with Gasteiger partial charge in [0.2, 0.25) is 5.91 Å². The van der Waals surface area contributed by atoms with Gasteiger partial charge in [-0.2, -0.15) is 0 Å². The first-order valence-corrected chi connectivity index (χ1v) is 4.98. The largest absolute Gasteiger partial charge is 0.344 e. The molecule has 1 aromatic carbocycles. The van der Waals surface area contributed by atoms with E-state index < -0.39 is 23.4 Å². The van der Waals surface area contributed by atoms with E-state index in [1.807, 2.05) is 0 Å². The number of hydrogen-bond donors (Lipinski definition) is 2. The SMILES string of the molecule is C#CCNC(=O)CNC(=O)c1ccc(F)cc1F. The van der Waals surface area contributed by atoms with Crippen molar-refractivity contribution in [3.8, 4) is 12.3 Å². The van der Waals surface area contributed by atoms with Gasteiger partial charge in [-0.1, -0.05) is 5.92 Å². The first-order valence-electron chi connectivity index (χ1n) is 4.98. The van der Waals surface area contributed by atoms with Crippen LogP contribution in [0, 0.1) is 24.0 Å². The smallest absolute Gasteiger partial charge is 0.254 e. The molecule has 0 radical (unpaired) electrons. The minimum Gasteiger partial charge on any atom is -0.344 e. The van der Waals surface area contributed by atoms with Crippen molar-refractivity contribution in [3.63, 3.8) is 0 Å². The molecular weight excluding hydrogens is 242 g/mol. The second kappa shape index (κ2) is 6.35. The summed E-state index contributed by atoms with van der Waals surface area (Å²) in [5.41, 5.74) is -0.332. The second-order valence-corrected chi connectivity index (χ2v) is 3.29. The predicted octanol–water partition coefficient (Wildman–Crippen LogP) is 0.444. The molecule has 1 rings (SSSR count). The van der Waals surface area contributed by atoms with Crippen molar-refractivity contribution >= 4 is 11.8 Å². The molecule has 0 aliphatic carbocycles. The van der Waals surface area contributed by atoms with Crippen LogP contribution in [-0.4, -0.2) is 24.9 Å². The summed E-state index contributed by atoms with van der Waals surface area (Å²) in [5.74, 6) is -0.883. The Balaban J connectivity index is 2.56. The number of amides is 2. The van der Waals surface area contributed by atoms with Gasteiger partial charge in [0.25, 0.3) is 5.91 Å². The van der Waals surface area contributed by atoms with Gasteiger partial charge >= 0.3 is 0 Å². The molecule has 0 aliphatic rings. The highest BCUT2D eigenvalue weighted by molar-refractivity contribution is 5.96. The monoisotopic (exact) mass is 252 g/mol. The molecule has 0 atom stereocenters. The fourth-order valence-electron chi connectivity index (χ4n) is 1.14. The molecule has 18 heavy (non-hydrogen) atoms. The molecule has 0 fully saturated rings. The highest BCUT2D eigenvalue weighted by Gasteiger charge is 2.13. The first kappa shape index (κ1) is 13.6. The number of carbonyl (C=O) groups excluding carboxylic acids is 2. The van der Waals surface area contributed by atoms with E-state index in [0.29, 0.717) is 6.07 Å². The number of hydrogen-bond acceptors (Lipinski definition) is 2. The molecule has 1 aromatic rings. The number of benzene rings is 1. The van der Waals surface area contributed by atoms with Crippen LogP contribution in [0.3, 0.4) is 0 Å². The summed E-state index contributed by atoms with van der Waals surface area (Å²) in [4.78, 5) is 22.6. The maximum atomic E-state index is 13.2. The number of nitrogens with one attached hydrogen (secondary N) is 2. The average molecular weight is 252 g/mol. The third-order valence-corrected chi connectivity index (χ3v) is 1.97. The lowest BCUT2D eigenvalue weighted by Crippen LogP contribution is -2.37. The summed E-state index contributed by atoms with van der Waals surface area (Å²) >= 11 is 0. The van der Waals surface area contributed by atoms with Gasteiger partial charge in [0.15, 0.2) is 0 Å². The maximum Gasteiger partial charge on any atom is 0.254 e. The molecule has 6 heteroatoms. The van der Waals surface area contributed by atoms with Crippen molar-refractivity contribution in [1.82, 2.24) is 10.6 Å². The molecule has 0 saturated carbocycles. The van der Waals surface area contributed by atoms with Crippen LogP contribution in [0.1, 0.15) is 10.4 Å². The van der Waals surface area contributed by atoms with Gasteiger partial charge in [0.1, 0.15) is 11.6 Å². The zero-order valence-electron chi connectivity index (χ0n) is 9.30. The van der Waals surface area contributed by atoms with Gasteiger partial charge in [-0.3, -0.25) is 9.59 Å². The number of carbonyl (C=O) groups is 2. The van der Waals surface area contributed by atoms with Gasteiger partial charge in [-0.15, -0.1) is 6.42 Å². The van der Waals surface area contributed by atoms with Crippen molar-refractivity contribution in [3.05, 3.63) is 35.4 Å². The van der Waals surface area contributed by atoms with E-state index in [9.17, 15) is 18.4 Å². The van der Waals surface area contributed by atoms with Crippen LogP contribution in [0.25, 0.3) is 0 Å². The van der Waals surface area contributed by atoms with Gasteiger partial charge in [0, 0.05) is 6.07 Å². The Morgan fingerprint density at radius 1 is 1.28 bits per heavy atom. The van der Waals surface area contributed by atoms with Crippen LogP contribution in [0.5, 0.6) is 0 Å². The lowest BCUT2D eigenvalue weighted by molar-refractivity contribution is -0.119. The molecule has 2 amide bonds. The lowest BCUT2D eigenvalue weighted by atomic mass is 10.2. The number of terminal acetylenes is 1. The quantitative estimate of drug-likeness (QED) is 0.764. The molecule has 0 spiro atoms. The Morgan fingerprint density at radius 3 is 2.61 bits per heavy atom. The minimum absolute atomic E-state index is 0.0413. The molecule has 0 saturated heterocycles. The summed E-state index contributed by atoms with van der Waals surface area (Å²) in [7, 11) is 0. The summed E-state index contributed by atoms with van der Waals surface area (Å²) in [5, 5.41) is 4.51. The topological polar surface area (TPSA) is 58.2 Å². The van der Waals surface area contributed by atoms with E-state index >= 15 is 0 Å². The minimum atomic E-state index is -0.989. The Labute approximate surface area is 102 Å². The molecule has 0 heterocycles. The van der Waals surface area contributed by atoms with Crippen LogP contribution in [0.4, 0.5) is 8.78 Å². The molecule has 0 bridgehead atoms. The first-order chi connectivity index (χ1) is 8.54. The molecule has 0 aromatic heterocycles. The van der Waals surface area contributed by atoms with Crippen LogP contribution in [0.2, 0.25) is 0 Å². The van der Waals surface area contributed by atoms with E-state index in [1.54, 1.807) is 0 Å². The summed E-state index contributed by atoms with van der Waals surface area (Å²) < 4.78 is 25.8. The highest BCUT2D eigenvalue weighted by atomic mass is 19.1. The van der Waals surface area contributed by atoms with Crippen molar-refractivity contribution in [2.45, 2.75) is 0 Å². The Hall–Kier alpha value is -2.42. The number of halogens is 2. The van der Waals surface area contributed by atoms with E-state index in [4.69, 9.17) is 6.42 Å². The molecule has 0 unspecified atom stereocenters. The lowest BCUT2D eigenvalue weighted by Gasteiger charge is -2.05. The summed E-state index contributed by atoms with van der Waals surface area (Å²) in [6, 6.07) is 2.54. The third kappa shape index (κ3) is 3.87. The van der Waals surface area contributed by atoms with Crippen LogP contribution in [-0.2, 0) is 4.79 Å². The molecule has 0 aliphatic heterocycles. The zero-order valence-corrected chi connectivity index (χ0v) is 9.30. The summed E-state index contributed by atoms with van der Waals surface area (Å²) in [6.07, 6.45) is 4.92. The average Bonchev–Trinajstić information content (AvgIpc) is 2.33. The van der Waals surface area contributed by atoms with E-state index in [2.05, 4.69) is 16.6 Å². The van der Waals surface area contributed by atoms with E-state index in [1.165, 1.54) is 0 Å². The van der Waals surface area contributed by atoms with Crippen molar-refractivity contribution < 1.29 is 18.4 Å². The van der Waals surface area contributed by atoms with Crippen LogP contribution < -0.4 is 10.6 Å². The summed E-state index contributed by atoms with van der Waals surface area (Å²) in [6.45, 7) is -0.295. The normalized spacial score (nSPS) is 9.39. The van der Waals surface area contributed by atoms with Crippen molar-refractivity contribution in [2.24, 2.45) is 0 Å². The Kier molecular flexibility index (Phi) is 4.81. The molecule has 4 nitrogen and oxygen atoms in total. The van der Waals surface area contributed by atoms with Crippen molar-refractivity contribution in [2.75, 3.05) is 13.1 Å². The van der Waals surface area contributed by atoms with E-state index in [0.717, 1.165) is 12.1 Å². The third-order valence-electron chi connectivity index (χ3n) is 1.97. The number of rotatable bonds is 4. The Morgan fingerprint density at radius 2 is 2.00 bits per heavy atom. The van der Waals surface area contributed by atoms with Gasteiger partial charge < -0.3 is 10.6 Å². The van der Waals surface area contributed by atoms with Crippen molar-refractivity contribution in [1.29, 1.82) is 0 Å². The fourth-order valence-corrected chi connectivity index (χ4v) is 1.14. The van der Waals surface area contributed by atoms with Gasteiger partial charge in [0.05, 0.1) is 18.7 Å². The van der Waals surface area contributed by atoms with Gasteiger partial charge in [-0.25, -0.2) is 8.78 Å². The van der Waals surface area contributed by atoms with Gasteiger partial charge in [-0.05, 0) is 12.1 Å². The van der Waals surface area contributed by atoms with Crippen LogP contribution in [0.15, 0.2) is 18.2 Å². The maximum absolute atomic E-state index is 13.2. The fraction of sp³-hybridized carbons (Fsp3) is 0.167.